The Morgan fingerprint density at radius 1 is 1.33 bits per heavy atom. The number of benzene rings is 1. The number of halogens is 3. The Kier molecular flexibility index (Phi) is 5.22. The van der Waals surface area contributed by atoms with E-state index in [1.165, 1.54) is 12.1 Å². The number of alkyl halides is 1. The fourth-order valence-corrected chi connectivity index (χ4v) is 4.17. The zero-order valence-corrected chi connectivity index (χ0v) is 15.3. The standard InChI is InChI=1S/C17H22BrF2N3O/c1-9(2)15-14(18)16(22-21-15)17(24)23(12-5-6-12)8-10-3-4-11(19)7-13(10)20/h3-4,7,9,12,14-16,21-22H,5-6,8H2,1-2H3. The quantitative estimate of drug-likeness (QED) is 0.745. The van der Waals surface area contributed by atoms with Crippen molar-refractivity contribution < 1.29 is 13.6 Å². The van der Waals surface area contributed by atoms with Crippen LogP contribution < -0.4 is 10.9 Å². The average Bonchev–Trinajstić information content (AvgIpc) is 3.27. The summed E-state index contributed by atoms with van der Waals surface area (Å²) in [6.07, 6.45) is 1.85. The van der Waals surface area contributed by atoms with E-state index in [2.05, 4.69) is 40.6 Å². The van der Waals surface area contributed by atoms with Crippen molar-refractivity contribution in [2.45, 2.75) is 56.2 Å². The molecule has 1 aromatic rings. The highest BCUT2D eigenvalue weighted by atomic mass is 79.9. The molecule has 3 atom stereocenters. The molecule has 1 heterocycles. The van der Waals surface area contributed by atoms with E-state index >= 15 is 0 Å². The van der Waals surface area contributed by atoms with Gasteiger partial charge in [0.15, 0.2) is 0 Å². The van der Waals surface area contributed by atoms with Gasteiger partial charge in [-0.15, -0.1) is 0 Å². The molecule has 0 spiro atoms. The molecule has 1 aliphatic carbocycles. The van der Waals surface area contributed by atoms with E-state index in [1.807, 2.05) is 0 Å². The second kappa shape index (κ2) is 7.06. The molecule has 1 aliphatic heterocycles. The van der Waals surface area contributed by atoms with Crippen molar-refractivity contribution in [1.29, 1.82) is 0 Å². The molecule has 0 bridgehead atoms. The van der Waals surface area contributed by atoms with Gasteiger partial charge in [-0.1, -0.05) is 35.8 Å². The smallest absolute Gasteiger partial charge is 0.242 e. The Bertz CT molecular complexity index is 624. The lowest BCUT2D eigenvalue weighted by molar-refractivity contribution is -0.134. The highest BCUT2D eigenvalue weighted by Crippen LogP contribution is 2.32. The van der Waals surface area contributed by atoms with Gasteiger partial charge in [-0.25, -0.2) is 14.2 Å². The number of hydrogen-bond acceptors (Lipinski definition) is 3. The van der Waals surface area contributed by atoms with Crippen LogP contribution in [0.2, 0.25) is 0 Å². The first-order valence-corrected chi connectivity index (χ1v) is 9.19. The minimum Gasteiger partial charge on any atom is -0.334 e. The maximum atomic E-state index is 14.0. The molecular weight excluding hydrogens is 380 g/mol. The lowest BCUT2D eigenvalue weighted by atomic mass is 9.99. The van der Waals surface area contributed by atoms with Crippen LogP contribution in [0.4, 0.5) is 8.78 Å². The van der Waals surface area contributed by atoms with Crippen molar-refractivity contribution in [2.75, 3.05) is 0 Å². The monoisotopic (exact) mass is 401 g/mol. The van der Waals surface area contributed by atoms with E-state index in [0.29, 0.717) is 11.5 Å². The zero-order chi connectivity index (χ0) is 17.4. The number of amides is 1. The molecule has 1 saturated heterocycles. The average molecular weight is 402 g/mol. The summed E-state index contributed by atoms with van der Waals surface area (Å²) in [5.41, 5.74) is 6.58. The van der Waals surface area contributed by atoms with Crippen molar-refractivity contribution in [2.24, 2.45) is 5.92 Å². The van der Waals surface area contributed by atoms with Crippen LogP contribution >= 0.6 is 15.9 Å². The molecule has 3 unspecified atom stereocenters. The van der Waals surface area contributed by atoms with Crippen LogP contribution in [0.3, 0.4) is 0 Å². The lowest BCUT2D eigenvalue weighted by Crippen LogP contribution is -2.48. The molecule has 1 amide bonds. The first-order valence-electron chi connectivity index (χ1n) is 8.28. The van der Waals surface area contributed by atoms with Crippen LogP contribution in [0.5, 0.6) is 0 Å². The molecule has 2 fully saturated rings. The van der Waals surface area contributed by atoms with Gasteiger partial charge in [0.1, 0.15) is 17.7 Å². The summed E-state index contributed by atoms with van der Waals surface area (Å²) in [5, 5.41) is 0. The zero-order valence-electron chi connectivity index (χ0n) is 13.7. The van der Waals surface area contributed by atoms with E-state index in [4.69, 9.17) is 0 Å². The van der Waals surface area contributed by atoms with E-state index in [-0.39, 0.29) is 29.4 Å². The van der Waals surface area contributed by atoms with Gasteiger partial charge in [-0.05, 0) is 24.8 Å². The molecular formula is C17H22BrF2N3O. The maximum absolute atomic E-state index is 14.0. The SMILES string of the molecule is CC(C)C1NNC(C(=O)N(Cc2ccc(F)cc2F)C2CC2)C1Br. The van der Waals surface area contributed by atoms with Crippen LogP contribution in [-0.2, 0) is 11.3 Å². The first-order chi connectivity index (χ1) is 11.4. The summed E-state index contributed by atoms with van der Waals surface area (Å²) < 4.78 is 27.0. The third-order valence-electron chi connectivity index (χ3n) is 4.68. The van der Waals surface area contributed by atoms with Crippen molar-refractivity contribution >= 4 is 21.8 Å². The van der Waals surface area contributed by atoms with Crippen molar-refractivity contribution in [3.8, 4) is 0 Å². The van der Waals surface area contributed by atoms with Gasteiger partial charge in [0.2, 0.25) is 5.91 Å². The number of hydrogen-bond donors (Lipinski definition) is 2. The molecule has 0 radical (unpaired) electrons. The number of nitrogens with zero attached hydrogens (tertiary/aromatic N) is 1. The van der Waals surface area contributed by atoms with Gasteiger partial charge in [0.25, 0.3) is 0 Å². The van der Waals surface area contributed by atoms with Gasteiger partial charge >= 0.3 is 0 Å². The molecule has 2 N–H and O–H groups in total. The number of carbonyl (C=O) groups excluding carboxylic acids is 1. The van der Waals surface area contributed by atoms with Crippen LogP contribution in [-0.4, -0.2) is 33.8 Å². The summed E-state index contributed by atoms with van der Waals surface area (Å²) in [6, 6.07) is 3.38. The lowest BCUT2D eigenvalue weighted by Gasteiger charge is -2.27. The largest absolute Gasteiger partial charge is 0.334 e. The number of carbonyl (C=O) groups is 1. The normalized spacial score (nSPS) is 26.8. The van der Waals surface area contributed by atoms with Gasteiger partial charge in [0, 0.05) is 30.3 Å². The minimum atomic E-state index is -0.610. The van der Waals surface area contributed by atoms with E-state index in [9.17, 15) is 13.6 Å². The Hall–Kier alpha value is -1.05. The third-order valence-corrected chi connectivity index (χ3v) is 5.78. The molecule has 1 saturated carbocycles. The van der Waals surface area contributed by atoms with Crippen molar-refractivity contribution in [3.05, 3.63) is 35.4 Å². The van der Waals surface area contributed by atoms with Crippen LogP contribution in [0.15, 0.2) is 18.2 Å². The summed E-state index contributed by atoms with van der Waals surface area (Å²) in [7, 11) is 0. The number of nitrogens with one attached hydrogen (secondary N) is 2. The Labute approximate surface area is 149 Å². The fourth-order valence-electron chi connectivity index (χ4n) is 3.07. The maximum Gasteiger partial charge on any atom is 0.242 e. The second-order valence-electron chi connectivity index (χ2n) is 6.91. The van der Waals surface area contributed by atoms with E-state index in [0.717, 1.165) is 18.9 Å². The molecule has 2 aliphatic rings. The fraction of sp³-hybridized carbons (Fsp3) is 0.588. The Morgan fingerprint density at radius 3 is 2.58 bits per heavy atom. The molecule has 132 valence electrons. The van der Waals surface area contributed by atoms with E-state index < -0.39 is 17.7 Å². The van der Waals surface area contributed by atoms with Gasteiger partial charge in [-0.3, -0.25) is 10.2 Å². The molecule has 0 aromatic heterocycles. The summed E-state index contributed by atoms with van der Waals surface area (Å²) in [5.74, 6) is -0.911. The van der Waals surface area contributed by atoms with Gasteiger partial charge in [0.05, 0.1) is 4.83 Å². The van der Waals surface area contributed by atoms with Crippen LogP contribution in [0.1, 0.15) is 32.3 Å². The molecule has 1 aromatic carbocycles. The predicted octanol–water partition coefficient (Wildman–Crippen LogP) is 2.72. The molecule has 4 nitrogen and oxygen atoms in total. The Morgan fingerprint density at radius 2 is 2.04 bits per heavy atom. The first kappa shape index (κ1) is 17.8. The minimum absolute atomic E-state index is 0.0377. The molecule has 7 heteroatoms. The molecule has 24 heavy (non-hydrogen) atoms. The third kappa shape index (κ3) is 3.63. The predicted molar refractivity (Wildman–Crippen MR) is 91.3 cm³/mol. The summed E-state index contributed by atoms with van der Waals surface area (Å²) in [4.78, 5) is 14.7. The second-order valence-corrected chi connectivity index (χ2v) is 7.97. The van der Waals surface area contributed by atoms with Crippen LogP contribution in [0, 0.1) is 17.6 Å². The Balaban J connectivity index is 1.75. The summed E-state index contributed by atoms with van der Waals surface area (Å²) in [6.45, 7) is 4.35. The van der Waals surface area contributed by atoms with Crippen molar-refractivity contribution in [1.82, 2.24) is 15.8 Å². The molecule has 3 rings (SSSR count). The topological polar surface area (TPSA) is 44.4 Å². The van der Waals surface area contributed by atoms with E-state index in [1.54, 1.807) is 4.90 Å². The number of rotatable bonds is 5. The van der Waals surface area contributed by atoms with Crippen molar-refractivity contribution in [3.63, 3.8) is 0 Å². The highest BCUT2D eigenvalue weighted by Gasteiger charge is 2.44. The summed E-state index contributed by atoms with van der Waals surface area (Å²) >= 11 is 3.62. The highest BCUT2D eigenvalue weighted by molar-refractivity contribution is 9.09. The van der Waals surface area contributed by atoms with Gasteiger partial charge < -0.3 is 4.90 Å². The number of hydrazine groups is 1. The van der Waals surface area contributed by atoms with Gasteiger partial charge in [-0.2, -0.15) is 0 Å². The van der Waals surface area contributed by atoms with Crippen LogP contribution in [0.25, 0.3) is 0 Å².